The fourth-order valence-electron chi connectivity index (χ4n) is 2.16. The number of nitrogens with one attached hydrogen (secondary N) is 2. The molecule has 2 rings (SSSR count). The second-order valence-electron chi connectivity index (χ2n) is 4.86. The van der Waals surface area contributed by atoms with Crippen molar-refractivity contribution in [2.24, 2.45) is 7.05 Å². The van der Waals surface area contributed by atoms with Crippen molar-refractivity contribution in [2.45, 2.75) is 31.3 Å². The monoisotopic (exact) mass is 327 g/mol. The Morgan fingerprint density at radius 3 is 2.76 bits per heavy atom. The molecule has 0 saturated heterocycles. The zero-order chi connectivity index (χ0) is 15.5. The maximum Gasteiger partial charge on any atom is 0.242 e. The quantitative estimate of drug-likeness (QED) is 0.816. The summed E-state index contributed by atoms with van der Waals surface area (Å²) in [6.45, 7) is 3.05. The van der Waals surface area contributed by atoms with E-state index in [-0.39, 0.29) is 0 Å². The number of hydrogen-bond acceptors (Lipinski definition) is 4. The highest BCUT2D eigenvalue weighted by atomic mass is 32.2. The predicted octanol–water partition coefficient (Wildman–Crippen LogP) is 1.85. The number of hydrogen-bond donors (Lipinski definition) is 2. The molecule has 0 aliphatic heterocycles. The standard InChI is InChI=1S/C14H21N3O2S2/c1-4-11-5-6-20-14(11)9-16-21(18,19)13-7-12(8-15-2)17(3)10-13/h5-7,10,15-16H,4,8-9H2,1-3H3. The molecule has 2 aromatic rings. The molecule has 0 saturated carbocycles. The Hall–Kier alpha value is -1.15. The van der Waals surface area contributed by atoms with Gasteiger partial charge in [-0.1, -0.05) is 6.92 Å². The third-order valence-electron chi connectivity index (χ3n) is 3.39. The van der Waals surface area contributed by atoms with E-state index in [0.29, 0.717) is 18.0 Å². The van der Waals surface area contributed by atoms with Gasteiger partial charge in [0.25, 0.3) is 0 Å². The van der Waals surface area contributed by atoms with Crippen molar-refractivity contribution in [3.05, 3.63) is 39.8 Å². The first-order valence-corrected chi connectivity index (χ1v) is 9.19. The zero-order valence-corrected chi connectivity index (χ0v) is 14.1. The summed E-state index contributed by atoms with van der Waals surface area (Å²) in [5, 5.41) is 5.02. The molecular weight excluding hydrogens is 306 g/mol. The van der Waals surface area contributed by atoms with Gasteiger partial charge in [-0.2, -0.15) is 0 Å². The summed E-state index contributed by atoms with van der Waals surface area (Å²) in [5.74, 6) is 0. The molecule has 2 N–H and O–H groups in total. The van der Waals surface area contributed by atoms with Gasteiger partial charge in [0, 0.05) is 36.9 Å². The van der Waals surface area contributed by atoms with Gasteiger partial charge in [0.05, 0.1) is 4.90 Å². The van der Waals surface area contributed by atoms with E-state index in [0.717, 1.165) is 17.0 Å². The van der Waals surface area contributed by atoms with Crippen molar-refractivity contribution in [3.8, 4) is 0 Å². The topological polar surface area (TPSA) is 63.1 Å². The number of nitrogens with zero attached hydrogens (tertiary/aromatic N) is 1. The molecule has 0 aromatic carbocycles. The summed E-state index contributed by atoms with van der Waals surface area (Å²) >= 11 is 1.58. The maximum absolute atomic E-state index is 12.4. The van der Waals surface area contributed by atoms with E-state index >= 15 is 0 Å². The van der Waals surface area contributed by atoms with Crippen LogP contribution in [0.25, 0.3) is 0 Å². The molecule has 0 bridgehead atoms. The lowest BCUT2D eigenvalue weighted by atomic mass is 10.2. The lowest BCUT2D eigenvalue weighted by Gasteiger charge is -2.05. The molecule has 0 atom stereocenters. The smallest absolute Gasteiger partial charge is 0.242 e. The fraction of sp³-hybridized carbons (Fsp3) is 0.429. The van der Waals surface area contributed by atoms with Crippen molar-refractivity contribution in [1.29, 1.82) is 0 Å². The highest BCUT2D eigenvalue weighted by Gasteiger charge is 2.18. The van der Waals surface area contributed by atoms with Gasteiger partial charge in [-0.05, 0) is 36.5 Å². The Kier molecular flexibility index (Phi) is 5.21. The summed E-state index contributed by atoms with van der Waals surface area (Å²) in [6, 6.07) is 3.75. The van der Waals surface area contributed by atoms with E-state index in [1.54, 1.807) is 23.6 Å². The highest BCUT2D eigenvalue weighted by Crippen LogP contribution is 2.19. The number of aryl methyl sites for hydroxylation is 2. The summed E-state index contributed by atoms with van der Waals surface area (Å²) in [4.78, 5) is 1.39. The molecule has 0 unspecified atom stereocenters. The maximum atomic E-state index is 12.4. The summed E-state index contributed by atoms with van der Waals surface area (Å²) in [6.07, 6.45) is 2.56. The minimum atomic E-state index is -3.47. The summed E-state index contributed by atoms with van der Waals surface area (Å²) < 4.78 is 29.2. The van der Waals surface area contributed by atoms with Crippen LogP contribution in [0.5, 0.6) is 0 Å². The van der Waals surface area contributed by atoms with E-state index in [1.165, 1.54) is 5.56 Å². The highest BCUT2D eigenvalue weighted by molar-refractivity contribution is 7.89. The summed E-state index contributed by atoms with van der Waals surface area (Å²) in [7, 11) is 0.210. The van der Waals surface area contributed by atoms with Gasteiger partial charge in [-0.3, -0.25) is 0 Å². The normalized spacial score (nSPS) is 12.0. The van der Waals surface area contributed by atoms with E-state index in [1.807, 2.05) is 30.1 Å². The van der Waals surface area contributed by atoms with Crippen LogP contribution in [0.1, 0.15) is 23.1 Å². The van der Waals surface area contributed by atoms with Crippen molar-refractivity contribution >= 4 is 21.4 Å². The van der Waals surface area contributed by atoms with E-state index in [9.17, 15) is 8.42 Å². The van der Waals surface area contributed by atoms with Gasteiger partial charge >= 0.3 is 0 Å². The minimum absolute atomic E-state index is 0.310. The second kappa shape index (κ2) is 6.74. The van der Waals surface area contributed by atoms with Crippen molar-refractivity contribution in [3.63, 3.8) is 0 Å². The molecule has 0 aliphatic rings. The van der Waals surface area contributed by atoms with Crippen LogP contribution in [-0.2, 0) is 36.6 Å². The SMILES string of the molecule is CCc1ccsc1CNS(=O)(=O)c1cc(CNC)n(C)c1. The van der Waals surface area contributed by atoms with Crippen molar-refractivity contribution < 1.29 is 8.42 Å². The van der Waals surface area contributed by atoms with Gasteiger partial charge < -0.3 is 9.88 Å². The van der Waals surface area contributed by atoms with Crippen LogP contribution in [0, 0.1) is 0 Å². The first-order chi connectivity index (χ1) is 9.97. The molecule has 0 spiro atoms. The molecule has 2 aromatic heterocycles. The van der Waals surface area contributed by atoms with Gasteiger partial charge in [-0.25, -0.2) is 13.1 Å². The predicted molar refractivity (Wildman–Crippen MR) is 85.9 cm³/mol. The number of thiophene rings is 1. The largest absolute Gasteiger partial charge is 0.352 e. The Labute approximate surface area is 130 Å². The fourth-order valence-corrected chi connectivity index (χ4v) is 4.26. The van der Waals surface area contributed by atoms with E-state index < -0.39 is 10.0 Å². The lowest BCUT2D eigenvalue weighted by molar-refractivity contribution is 0.581. The number of sulfonamides is 1. The van der Waals surface area contributed by atoms with Crippen LogP contribution < -0.4 is 10.0 Å². The third kappa shape index (κ3) is 3.74. The van der Waals surface area contributed by atoms with Crippen molar-refractivity contribution in [2.75, 3.05) is 7.05 Å². The summed E-state index contributed by atoms with van der Waals surface area (Å²) in [5.41, 5.74) is 2.13. The van der Waals surface area contributed by atoms with Crippen molar-refractivity contribution in [1.82, 2.24) is 14.6 Å². The Morgan fingerprint density at radius 2 is 2.10 bits per heavy atom. The van der Waals surface area contributed by atoms with Crippen LogP contribution in [0.3, 0.4) is 0 Å². The minimum Gasteiger partial charge on any atom is -0.352 e. The Bertz CT molecular complexity index is 702. The average molecular weight is 327 g/mol. The molecule has 0 fully saturated rings. The van der Waals surface area contributed by atoms with Crippen LogP contribution in [0.4, 0.5) is 0 Å². The second-order valence-corrected chi connectivity index (χ2v) is 7.62. The van der Waals surface area contributed by atoms with Gasteiger partial charge in [-0.15, -0.1) is 11.3 Å². The van der Waals surface area contributed by atoms with Crippen LogP contribution in [0.2, 0.25) is 0 Å². The Morgan fingerprint density at radius 1 is 1.33 bits per heavy atom. The van der Waals surface area contributed by atoms with E-state index in [2.05, 4.69) is 17.0 Å². The number of aromatic nitrogens is 1. The third-order valence-corrected chi connectivity index (χ3v) is 5.72. The first-order valence-electron chi connectivity index (χ1n) is 6.82. The van der Waals surface area contributed by atoms with Gasteiger partial charge in [0.2, 0.25) is 10.0 Å². The first kappa shape index (κ1) is 16.2. The van der Waals surface area contributed by atoms with Gasteiger partial charge in [0.1, 0.15) is 0 Å². The van der Waals surface area contributed by atoms with E-state index in [4.69, 9.17) is 0 Å². The van der Waals surface area contributed by atoms with Crippen LogP contribution >= 0.6 is 11.3 Å². The lowest BCUT2D eigenvalue weighted by Crippen LogP contribution is -2.22. The Balaban J connectivity index is 2.13. The molecule has 116 valence electrons. The molecule has 0 aliphatic carbocycles. The zero-order valence-electron chi connectivity index (χ0n) is 12.5. The van der Waals surface area contributed by atoms with Gasteiger partial charge in [0.15, 0.2) is 0 Å². The molecule has 0 radical (unpaired) electrons. The molecule has 21 heavy (non-hydrogen) atoms. The molecule has 0 amide bonds. The van der Waals surface area contributed by atoms with Crippen LogP contribution in [0.15, 0.2) is 28.6 Å². The molecule has 2 heterocycles. The molecule has 5 nitrogen and oxygen atoms in total. The number of rotatable bonds is 7. The molecular formula is C14H21N3O2S2. The molecule has 7 heteroatoms. The average Bonchev–Trinajstić information content (AvgIpc) is 3.04. The van der Waals surface area contributed by atoms with Crippen LogP contribution in [-0.4, -0.2) is 20.0 Å².